The molecule has 0 unspecified atom stereocenters. The Morgan fingerprint density at radius 2 is 1.69 bits per heavy atom. The highest BCUT2D eigenvalue weighted by atomic mass is 19.4. The van der Waals surface area contributed by atoms with Crippen molar-refractivity contribution in [2.75, 3.05) is 4.90 Å². The Morgan fingerprint density at radius 1 is 1.08 bits per heavy atom. The van der Waals surface area contributed by atoms with E-state index in [0.29, 0.717) is 24.1 Å². The van der Waals surface area contributed by atoms with Crippen LogP contribution in [-0.4, -0.2) is 17.0 Å². The zero-order valence-electron chi connectivity index (χ0n) is 21.7. The SMILES string of the molecule is CC(C)C1=CN(c2ccc(C(=O)O)cc2)C(=O)C[C@@]1(C)c1ccc(CCC(C)(C)C)c(C(F)(F)F)c1. The van der Waals surface area contributed by atoms with Gasteiger partial charge in [0.1, 0.15) is 0 Å². The summed E-state index contributed by atoms with van der Waals surface area (Å²) in [6, 6.07) is 10.5. The summed E-state index contributed by atoms with van der Waals surface area (Å²) in [4.78, 5) is 25.9. The molecule has 1 heterocycles. The van der Waals surface area contributed by atoms with Gasteiger partial charge in [-0.15, -0.1) is 0 Å². The van der Waals surface area contributed by atoms with Gasteiger partial charge in [0, 0.05) is 23.7 Å². The van der Waals surface area contributed by atoms with Crippen molar-refractivity contribution in [2.45, 2.75) is 72.4 Å². The van der Waals surface area contributed by atoms with Gasteiger partial charge < -0.3 is 5.11 Å². The molecule has 0 aliphatic carbocycles. The molecular weight excluding hydrogens is 467 g/mol. The Morgan fingerprint density at radius 3 is 2.19 bits per heavy atom. The van der Waals surface area contributed by atoms with Crippen LogP contribution < -0.4 is 4.90 Å². The zero-order chi connectivity index (χ0) is 27.1. The van der Waals surface area contributed by atoms with Crippen LogP contribution >= 0.6 is 0 Å². The summed E-state index contributed by atoms with van der Waals surface area (Å²) in [7, 11) is 0. The van der Waals surface area contributed by atoms with Crippen molar-refractivity contribution in [2.24, 2.45) is 11.3 Å². The predicted octanol–water partition coefficient (Wildman–Crippen LogP) is 7.62. The standard InChI is InChI=1S/C29H34F3NO3/c1-18(2)24-17-33(22-11-8-20(9-12-22)26(35)36)25(34)16-28(24,6)21-10-7-19(13-14-27(3,4)5)23(15-21)29(30,31)32/h7-12,15,17-18H,13-14,16H2,1-6H3,(H,35,36)/t28-/m0/s1. The van der Waals surface area contributed by atoms with Crippen molar-refractivity contribution in [1.29, 1.82) is 0 Å². The van der Waals surface area contributed by atoms with Gasteiger partial charge in [0.05, 0.1) is 11.1 Å². The lowest BCUT2D eigenvalue weighted by Gasteiger charge is -2.41. The third-order valence-corrected chi connectivity index (χ3v) is 6.89. The number of hydrogen-bond acceptors (Lipinski definition) is 2. The molecule has 0 saturated heterocycles. The lowest BCUT2D eigenvalue weighted by Crippen LogP contribution is -2.42. The number of nitrogens with zero attached hydrogens (tertiary/aromatic N) is 1. The van der Waals surface area contributed by atoms with E-state index >= 15 is 0 Å². The van der Waals surface area contributed by atoms with E-state index in [1.165, 1.54) is 23.1 Å². The van der Waals surface area contributed by atoms with Crippen LogP contribution in [0.5, 0.6) is 0 Å². The van der Waals surface area contributed by atoms with Crippen LogP contribution in [0.25, 0.3) is 0 Å². The van der Waals surface area contributed by atoms with Crippen LogP contribution in [0, 0.1) is 11.3 Å². The van der Waals surface area contributed by atoms with Crippen molar-refractivity contribution in [3.05, 3.63) is 76.5 Å². The number of aryl methyl sites for hydroxylation is 1. The maximum atomic E-state index is 14.1. The number of benzene rings is 2. The molecule has 0 spiro atoms. The summed E-state index contributed by atoms with van der Waals surface area (Å²) in [6.45, 7) is 11.7. The van der Waals surface area contributed by atoms with Crippen molar-refractivity contribution in [3.8, 4) is 0 Å². The van der Waals surface area contributed by atoms with E-state index in [9.17, 15) is 22.8 Å². The van der Waals surface area contributed by atoms with E-state index in [-0.39, 0.29) is 34.8 Å². The summed E-state index contributed by atoms with van der Waals surface area (Å²) in [6.07, 6.45) is -1.86. The number of carbonyl (C=O) groups excluding carboxylic acids is 1. The Balaban J connectivity index is 2.07. The van der Waals surface area contributed by atoms with Gasteiger partial charge in [-0.3, -0.25) is 9.69 Å². The van der Waals surface area contributed by atoms with E-state index < -0.39 is 23.1 Å². The smallest absolute Gasteiger partial charge is 0.416 e. The van der Waals surface area contributed by atoms with Crippen LogP contribution in [-0.2, 0) is 22.8 Å². The van der Waals surface area contributed by atoms with Crippen LogP contribution in [0.15, 0.2) is 54.2 Å². The summed E-state index contributed by atoms with van der Waals surface area (Å²) in [5.41, 5.74) is 0.526. The lowest BCUT2D eigenvalue weighted by molar-refractivity contribution is -0.138. The number of carbonyl (C=O) groups is 2. The Kier molecular flexibility index (Phi) is 7.45. The second-order valence-electron chi connectivity index (χ2n) is 11.3. The molecule has 1 atom stereocenters. The topological polar surface area (TPSA) is 57.6 Å². The van der Waals surface area contributed by atoms with Gasteiger partial charge in [-0.25, -0.2) is 4.79 Å². The molecule has 1 amide bonds. The number of halogens is 3. The summed E-state index contributed by atoms with van der Waals surface area (Å²) < 4.78 is 42.3. The molecule has 0 saturated carbocycles. The summed E-state index contributed by atoms with van der Waals surface area (Å²) >= 11 is 0. The van der Waals surface area contributed by atoms with Crippen molar-refractivity contribution < 1.29 is 27.9 Å². The molecule has 2 aromatic rings. The van der Waals surface area contributed by atoms with Crippen LogP contribution in [0.1, 0.15) is 81.4 Å². The molecule has 1 aliphatic heterocycles. The predicted molar refractivity (Wildman–Crippen MR) is 135 cm³/mol. The van der Waals surface area contributed by atoms with Crippen LogP contribution in [0.3, 0.4) is 0 Å². The highest BCUT2D eigenvalue weighted by Gasteiger charge is 2.42. The minimum atomic E-state index is -4.50. The number of allylic oxidation sites excluding steroid dienone is 1. The number of alkyl halides is 3. The first-order valence-corrected chi connectivity index (χ1v) is 12.1. The van der Waals surface area contributed by atoms with Gasteiger partial charge in [0.15, 0.2) is 0 Å². The van der Waals surface area contributed by atoms with Gasteiger partial charge in [0.25, 0.3) is 0 Å². The highest BCUT2D eigenvalue weighted by molar-refractivity contribution is 5.98. The first-order chi connectivity index (χ1) is 16.5. The fourth-order valence-corrected chi connectivity index (χ4v) is 4.79. The van der Waals surface area contributed by atoms with Gasteiger partial charge >= 0.3 is 12.1 Å². The van der Waals surface area contributed by atoms with Gasteiger partial charge in [-0.1, -0.05) is 53.7 Å². The van der Waals surface area contributed by atoms with E-state index in [1.807, 2.05) is 41.5 Å². The van der Waals surface area contributed by atoms with E-state index in [4.69, 9.17) is 5.11 Å². The van der Waals surface area contributed by atoms with E-state index in [0.717, 1.165) is 5.57 Å². The van der Waals surface area contributed by atoms with Crippen molar-refractivity contribution >= 4 is 17.6 Å². The molecule has 2 aromatic carbocycles. The fourth-order valence-electron chi connectivity index (χ4n) is 4.79. The molecule has 0 radical (unpaired) electrons. The minimum Gasteiger partial charge on any atom is -0.478 e. The quantitative estimate of drug-likeness (QED) is 0.443. The Bertz CT molecular complexity index is 1170. The molecule has 0 fully saturated rings. The Labute approximate surface area is 210 Å². The van der Waals surface area contributed by atoms with Crippen molar-refractivity contribution in [1.82, 2.24) is 0 Å². The lowest BCUT2D eigenvalue weighted by atomic mass is 9.67. The number of carboxylic acid groups (broad SMARTS) is 1. The summed E-state index contributed by atoms with van der Waals surface area (Å²) in [5.74, 6) is -1.38. The van der Waals surface area contributed by atoms with Crippen LogP contribution in [0.4, 0.5) is 18.9 Å². The number of aromatic carboxylic acids is 1. The number of hydrogen-bond donors (Lipinski definition) is 1. The van der Waals surface area contributed by atoms with Gasteiger partial charge in [-0.05, 0) is 71.2 Å². The van der Waals surface area contributed by atoms with E-state index in [2.05, 4.69) is 0 Å². The molecule has 4 nitrogen and oxygen atoms in total. The first kappa shape index (κ1) is 27.5. The molecule has 194 valence electrons. The average Bonchev–Trinajstić information content (AvgIpc) is 2.76. The molecule has 0 bridgehead atoms. The largest absolute Gasteiger partial charge is 0.478 e. The number of amides is 1. The monoisotopic (exact) mass is 501 g/mol. The highest BCUT2D eigenvalue weighted by Crippen LogP contribution is 2.45. The first-order valence-electron chi connectivity index (χ1n) is 12.1. The molecule has 1 aliphatic rings. The maximum Gasteiger partial charge on any atom is 0.416 e. The fraction of sp³-hybridized carbons (Fsp3) is 0.448. The molecular formula is C29H34F3NO3. The molecule has 3 rings (SSSR count). The third kappa shape index (κ3) is 5.82. The van der Waals surface area contributed by atoms with Crippen LogP contribution in [0.2, 0.25) is 0 Å². The third-order valence-electron chi connectivity index (χ3n) is 6.89. The number of carboxylic acids is 1. The summed E-state index contributed by atoms with van der Waals surface area (Å²) in [5, 5.41) is 9.15. The Hall–Kier alpha value is -3.09. The van der Waals surface area contributed by atoms with E-state index in [1.54, 1.807) is 30.5 Å². The zero-order valence-corrected chi connectivity index (χ0v) is 21.7. The average molecular weight is 502 g/mol. The number of anilines is 1. The van der Waals surface area contributed by atoms with Crippen molar-refractivity contribution in [3.63, 3.8) is 0 Å². The maximum absolute atomic E-state index is 14.1. The normalized spacial score (nSPS) is 19.0. The second-order valence-corrected chi connectivity index (χ2v) is 11.3. The van der Waals surface area contributed by atoms with Gasteiger partial charge in [0.2, 0.25) is 5.91 Å². The molecule has 36 heavy (non-hydrogen) atoms. The second kappa shape index (κ2) is 9.75. The molecule has 0 aromatic heterocycles. The molecule has 7 heteroatoms. The number of rotatable bonds is 6. The minimum absolute atomic E-state index is 0.00364. The molecule has 1 N–H and O–H groups in total. The van der Waals surface area contributed by atoms with Gasteiger partial charge in [-0.2, -0.15) is 13.2 Å².